The molecule has 2 heterocycles. The molecule has 5 heteroatoms. The predicted molar refractivity (Wildman–Crippen MR) is 60.8 cm³/mol. The molecule has 0 fully saturated rings. The largest absolute Gasteiger partial charge is 0.226 e. The van der Waals surface area contributed by atoms with E-state index in [9.17, 15) is 0 Å². The molecule has 0 radical (unpaired) electrons. The Bertz CT molecular complexity index is 439. The molecule has 0 aromatic carbocycles. The molecule has 2 aromatic heterocycles. The molecule has 0 aliphatic carbocycles. The summed E-state index contributed by atoms with van der Waals surface area (Å²) in [5.74, 6) is 1.64. The Hall–Kier alpha value is -1.23. The monoisotopic (exact) mass is 266 g/mol. The Morgan fingerprint density at radius 2 is 2.27 bits per heavy atom. The third-order valence-corrected chi connectivity index (χ3v) is 2.35. The highest BCUT2D eigenvalue weighted by atomic mass is 79.9. The van der Waals surface area contributed by atoms with Crippen LogP contribution in [-0.4, -0.2) is 19.7 Å². The number of hydrogen-bond donors (Lipinski definition) is 0. The Kier molecular flexibility index (Phi) is 3.11. The van der Waals surface area contributed by atoms with E-state index < -0.39 is 0 Å². The lowest BCUT2D eigenvalue weighted by molar-refractivity contribution is 0.780. The number of halogens is 1. The first-order valence-corrected chi connectivity index (χ1v) is 5.62. The van der Waals surface area contributed by atoms with Crippen molar-refractivity contribution in [1.29, 1.82) is 0 Å². The van der Waals surface area contributed by atoms with Gasteiger partial charge in [0, 0.05) is 24.9 Å². The molecular formula is C10H11BrN4. The molecule has 0 saturated carbocycles. The molecule has 0 saturated heterocycles. The highest BCUT2D eigenvalue weighted by Crippen LogP contribution is 2.12. The Balaban J connectivity index is 2.40. The highest BCUT2D eigenvalue weighted by molar-refractivity contribution is 9.10. The number of aryl methyl sites for hydroxylation is 1. The zero-order valence-corrected chi connectivity index (χ0v) is 9.98. The molecule has 0 spiro atoms. The minimum atomic E-state index is 0.797. The highest BCUT2D eigenvalue weighted by Gasteiger charge is 2.03. The number of hydrogen-bond acceptors (Lipinski definition) is 3. The Labute approximate surface area is 96.5 Å². The minimum Gasteiger partial charge on any atom is -0.226 e. The third-order valence-electron chi connectivity index (χ3n) is 1.94. The lowest BCUT2D eigenvalue weighted by atomic mass is 10.3. The van der Waals surface area contributed by atoms with E-state index in [1.807, 2.05) is 18.3 Å². The van der Waals surface area contributed by atoms with Gasteiger partial charge in [-0.15, -0.1) is 0 Å². The average Bonchev–Trinajstić information content (AvgIpc) is 2.70. The second-order valence-electron chi connectivity index (χ2n) is 3.17. The Morgan fingerprint density at radius 3 is 2.93 bits per heavy atom. The normalized spacial score (nSPS) is 10.5. The van der Waals surface area contributed by atoms with Crippen molar-refractivity contribution in [2.24, 2.45) is 0 Å². The summed E-state index contributed by atoms with van der Waals surface area (Å²) < 4.78 is 2.53. The summed E-state index contributed by atoms with van der Waals surface area (Å²) in [6.07, 6.45) is 5.52. The van der Waals surface area contributed by atoms with Gasteiger partial charge in [-0.1, -0.05) is 6.92 Å². The minimum absolute atomic E-state index is 0.797. The summed E-state index contributed by atoms with van der Waals surface area (Å²) in [4.78, 5) is 8.72. The lowest BCUT2D eigenvalue weighted by Crippen LogP contribution is -2.03. The van der Waals surface area contributed by atoms with Crippen LogP contribution in [0.2, 0.25) is 0 Å². The smallest absolute Gasteiger partial charge is 0.158 e. The zero-order valence-electron chi connectivity index (χ0n) is 8.39. The number of nitrogens with zero attached hydrogens (tertiary/aromatic N) is 4. The predicted octanol–water partition coefficient (Wildman–Crippen LogP) is 2.38. The van der Waals surface area contributed by atoms with Crippen molar-refractivity contribution in [1.82, 2.24) is 19.7 Å². The first-order chi connectivity index (χ1) is 7.29. The fourth-order valence-electron chi connectivity index (χ4n) is 1.31. The van der Waals surface area contributed by atoms with Gasteiger partial charge in [0.15, 0.2) is 5.82 Å². The van der Waals surface area contributed by atoms with Crippen molar-refractivity contribution < 1.29 is 0 Å². The van der Waals surface area contributed by atoms with Gasteiger partial charge in [0.2, 0.25) is 0 Å². The van der Waals surface area contributed by atoms with Crippen LogP contribution >= 0.6 is 15.9 Å². The zero-order chi connectivity index (χ0) is 10.7. The molecule has 15 heavy (non-hydrogen) atoms. The van der Waals surface area contributed by atoms with Crippen LogP contribution in [0.1, 0.15) is 19.2 Å². The maximum absolute atomic E-state index is 4.43. The van der Waals surface area contributed by atoms with Gasteiger partial charge in [0.25, 0.3) is 0 Å². The van der Waals surface area contributed by atoms with Crippen LogP contribution in [0.25, 0.3) is 5.82 Å². The van der Waals surface area contributed by atoms with Crippen molar-refractivity contribution in [3.05, 3.63) is 35.0 Å². The van der Waals surface area contributed by atoms with Gasteiger partial charge in [0.1, 0.15) is 10.4 Å². The van der Waals surface area contributed by atoms with Gasteiger partial charge >= 0.3 is 0 Å². The maximum Gasteiger partial charge on any atom is 0.158 e. The van der Waals surface area contributed by atoms with E-state index in [4.69, 9.17) is 0 Å². The summed E-state index contributed by atoms with van der Waals surface area (Å²) in [6, 6.07) is 3.72. The summed E-state index contributed by atoms with van der Waals surface area (Å²) in [5.41, 5.74) is 0. The van der Waals surface area contributed by atoms with Crippen molar-refractivity contribution in [3.63, 3.8) is 0 Å². The van der Waals surface area contributed by atoms with Gasteiger partial charge in [-0.3, -0.25) is 0 Å². The second-order valence-corrected chi connectivity index (χ2v) is 3.98. The van der Waals surface area contributed by atoms with Crippen molar-refractivity contribution >= 4 is 15.9 Å². The van der Waals surface area contributed by atoms with E-state index in [0.717, 1.165) is 29.1 Å². The third kappa shape index (κ3) is 2.41. The molecule has 0 amide bonds. The quantitative estimate of drug-likeness (QED) is 0.802. The lowest BCUT2D eigenvalue weighted by Gasteiger charge is -2.03. The molecule has 78 valence electrons. The number of rotatable bonds is 3. The van der Waals surface area contributed by atoms with E-state index in [2.05, 4.69) is 37.9 Å². The summed E-state index contributed by atoms with van der Waals surface area (Å²) in [6.45, 7) is 2.11. The molecule has 0 aliphatic rings. The fourth-order valence-corrected chi connectivity index (χ4v) is 1.72. The van der Waals surface area contributed by atoms with Gasteiger partial charge < -0.3 is 0 Å². The van der Waals surface area contributed by atoms with E-state index in [0.29, 0.717) is 0 Å². The topological polar surface area (TPSA) is 43.6 Å². The second kappa shape index (κ2) is 4.53. The van der Waals surface area contributed by atoms with Crippen LogP contribution in [0.15, 0.2) is 29.1 Å². The number of aromatic nitrogens is 4. The molecule has 0 atom stereocenters. The first kappa shape index (κ1) is 10.3. The van der Waals surface area contributed by atoms with Crippen LogP contribution in [0.4, 0.5) is 0 Å². The van der Waals surface area contributed by atoms with Gasteiger partial charge in [-0.05, 0) is 28.4 Å². The van der Waals surface area contributed by atoms with Crippen LogP contribution < -0.4 is 0 Å². The fraction of sp³-hybridized carbons (Fsp3) is 0.300. The summed E-state index contributed by atoms with van der Waals surface area (Å²) >= 11 is 3.38. The van der Waals surface area contributed by atoms with Gasteiger partial charge in [-0.25, -0.2) is 14.6 Å². The van der Waals surface area contributed by atoms with Crippen LogP contribution in [0.5, 0.6) is 0 Å². The van der Waals surface area contributed by atoms with Crippen molar-refractivity contribution in [2.45, 2.75) is 19.8 Å². The van der Waals surface area contributed by atoms with Gasteiger partial charge in [-0.2, -0.15) is 5.10 Å². The molecule has 2 aromatic rings. The van der Waals surface area contributed by atoms with E-state index >= 15 is 0 Å². The molecule has 0 aliphatic heterocycles. The molecule has 0 N–H and O–H groups in total. The van der Waals surface area contributed by atoms with Gasteiger partial charge in [0.05, 0.1) is 0 Å². The van der Waals surface area contributed by atoms with Crippen LogP contribution in [0.3, 0.4) is 0 Å². The summed E-state index contributed by atoms with van der Waals surface area (Å²) in [7, 11) is 0. The summed E-state index contributed by atoms with van der Waals surface area (Å²) in [5, 5.41) is 4.13. The Morgan fingerprint density at radius 1 is 1.40 bits per heavy atom. The van der Waals surface area contributed by atoms with Crippen molar-refractivity contribution in [3.8, 4) is 5.82 Å². The SMILES string of the molecule is CCCc1nc(Br)cc(-n2cccn2)n1. The van der Waals surface area contributed by atoms with E-state index in [1.165, 1.54) is 0 Å². The average molecular weight is 267 g/mol. The standard InChI is InChI=1S/C10H11BrN4/c1-2-4-9-13-8(11)7-10(14-9)15-6-3-5-12-15/h3,5-7H,2,4H2,1H3. The van der Waals surface area contributed by atoms with E-state index in [-0.39, 0.29) is 0 Å². The maximum atomic E-state index is 4.43. The van der Waals surface area contributed by atoms with Crippen LogP contribution in [0, 0.1) is 0 Å². The molecule has 2 rings (SSSR count). The van der Waals surface area contributed by atoms with Crippen LogP contribution in [-0.2, 0) is 6.42 Å². The molecule has 0 unspecified atom stereocenters. The molecular weight excluding hydrogens is 256 g/mol. The van der Waals surface area contributed by atoms with Crippen molar-refractivity contribution in [2.75, 3.05) is 0 Å². The van der Waals surface area contributed by atoms with E-state index in [1.54, 1.807) is 10.9 Å². The molecule has 0 bridgehead atoms. The first-order valence-electron chi connectivity index (χ1n) is 4.83. The molecule has 4 nitrogen and oxygen atoms in total.